The Labute approximate surface area is 113 Å². The molecule has 1 aromatic carbocycles. The van der Waals surface area contributed by atoms with E-state index in [0.29, 0.717) is 11.8 Å². The number of ether oxygens (including phenoxy) is 1. The van der Waals surface area contributed by atoms with Crippen LogP contribution >= 0.6 is 0 Å². The van der Waals surface area contributed by atoms with Crippen LogP contribution in [0.3, 0.4) is 0 Å². The first-order valence-corrected chi connectivity index (χ1v) is 6.44. The number of aliphatic hydroxyl groups excluding tert-OH is 1. The van der Waals surface area contributed by atoms with Gasteiger partial charge in [-0.15, -0.1) is 0 Å². The first-order valence-electron chi connectivity index (χ1n) is 6.44. The van der Waals surface area contributed by atoms with Crippen molar-refractivity contribution >= 4 is 0 Å². The summed E-state index contributed by atoms with van der Waals surface area (Å²) in [6, 6.07) is 9.74. The van der Waals surface area contributed by atoms with Crippen LogP contribution in [0.1, 0.15) is 36.5 Å². The molecule has 0 spiro atoms. The van der Waals surface area contributed by atoms with Gasteiger partial charge in [0.05, 0.1) is 6.61 Å². The molecule has 0 radical (unpaired) electrons. The third-order valence-corrected chi connectivity index (χ3v) is 3.08. The Morgan fingerprint density at radius 1 is 1.21 bits per heavy atom. The zero-order valence-corrected chi connectivity index (χ0v) is 11.6. The molecule has 1 heterocycles. The number of nitrogens with zero attached hydrogens (tertiary/aromatic N) is 1. The zero-order chi connectivity index (χ0) is 13.8. The molecule has 100 valence electrons. The number of benzene rings is 1. The Balaban J connectivity index is 2.29. The van der Waals surface area contributed by atoms with Crippen LogP contribution in [-0.2, 0) is 6.61 Å². The van der Waals surface area contributed by atoms with Crippen molar-refractivity contribution in [2.75, 3.05) is 0 Å². The molecule has 0 saturated carbocycles. The van der Waals surface area contributed by atoms with Gasteiger partial charge in [0.25, 0.3) is 0 Å². The molecule has 0 fully saturated rings. The fourth-order valence-corrected chi connectivity index (χ4v) is 1.80. The first kappa shape index (κ1) is 13.6. The topological polar surface area (TPSA) is 42.4 Å². The molecule has 0 saturated heterocycles. The summed E-state index contributed by atoms with van der Waals surface area (Å²) in [5, 5.41) is 9.12. The lowest BCUT2D eigenvalue weighted by Gasteiger charge is -2.12. The lowest BCUT2D eigenvalue weighted by atomic mass is 10.0. The molecule has 1 aromatic heterocycles. The fraction of sp³-hybridized carbons (Fsp3) is 0.312. The number of aryl methyl sites for hydroxylation is 1. The predicted molar refractivity (Wildman–Crippen MR) is 75.5 cm³/mol. The Kier molecular flexibility index (Phi) is 4.17. The van der Waals surface area contributed by atoms with E-state index < -0.39 is 0 Å². The summed E-state index contributed by atoms with van der Waals surface area (Å²) in [5.41, 5.74) is 3.10. The number of aromatic nitrogens is 1. The van der Waals surface area contributed by atoms with Crippen molar-refractivity contribution in [3.63, 3.8) is 0 Å². The van der Waals surface area contributed by atoms with E-state index >= 15 is 0 Å². The van der Waals surface area contributed by atoms with Gasteiger partial charge >= 0.3 is 0 Å². The molecule has 0 aliphatic heterocycles. The predicted octanol–water partition coefficient (Wildman–Crippen LogP) is 3.80. The molecule has 0 unspecified atom stereocenters. The number of pyridine rings is 1. The summed E-state index contributed by atoms with van der Waals surface area (Å²) in [5.74, 6) is 1.78. The molecule has 1 N–H and O–H groups in total. The summed E-state index contributed by atoms with van der Waals surface area (Å²) in [4.78, 5) is 4.16. The molecule has 0 aliphatic carbocycles. The van der Waals surface area contributed by atoms with E-state index in [0.717, 1.165) is 16.9 Å². The van der Waals surface area contributed by atoms with Crippen molar-refractivity contribution in [1.29, 1.82) is 0 Å². The van der Waals surface area contributed by atoms with Crippen molar-refractivity contribution in [2.24, 2.45) is 0 Å². The number of hydrogen-bond acceptors (Lipinski definition) is 3. The van der Waals surface area contributed by atoms with Gasteiger partial charge in [0, 0.05) is 12.3 Å². The molecule has 3 heteroatoms. The summed E-state index contributed by atoms with van der Waals surface area (Å²) in [6.45, 7) is 6.30. The maximum atomic E-state index is 9.12. The maximum Gasteiger partial charge on any atom is 0.219 e. The van der Waals surface area contributed by atoms with Crippen LogP contribution in [-0.4, -0.2) is 10.1 Å². The Hall–Kier alpha value is -1.87. The van der Waals surface area contributed by atoms with Gasteiger partial charge < -0.3 is 9.84 Å². The van der Waals surface area contributed by atoms with E-state index in [1.807, 2.05) is 13.0 Å². The summed E-state index contributed by atoms with van der Waals surface area (Å²) in [7, 11) is 0. The van der Waals surface area contributed by atoms with E-state index in [1.165, 1.54) is 5.56 Å². The highest BCUT2D eigenvalue weighted by Gasteiger charge is 2.07. The van der Waals surface area contributed by atoms with Gasteiger partial charge in [0.15, 0.2) is 0 Å². The average molecular weight is 257 g/mol. The Morgan fingerprint density at radius 2 is 2.00 bits per heavy atom. The smallest absolute Gasteiger partial charge is 0.219 e. The first-order chi connectivity index (χ1) is 9.10. The van der Waals surface area contributed by atoms with Gasteiger partial charge in [0.2, 0.25) is 5.88 Å². The monoisotopic (exact) mass is 257 g/mol. The Bertz CT molecular complexity index is 564. The molecule has 2 rings (SSSR count). The largest absolute Gasteiger partial charge is 0.439 e. The quantitative estimate of drug-likeness (QED) is 0.906. The SMILES string of the molecule is Cc1ccc(C(C)C)cc1Oc1cc(CO)ccn1. The number of hydrogen-bond donors (Lipinski definition) is 1. The third-order valence-electron chi connectivity index (χ3n) is 3.08. The lowest BCUT2D eigenvalue weighted by molar-refractivity contribution is 0.281. The molecule has 0 amide bonds. The van der Waals surface area contributed by atoms with E-state index in [1.54, 1.807) is 18.3 Å². The van der Waals surface area contributed by atoms with Gasteiger partial charge in [-0.25, -0.2) is 4.98 Å². The lowest BCUT2D eigenvalue weighted by Crippen LogP contribution is -1.95. The van der Waals surface area contributed by atoms with Crippen LogP contribution in [0.5, 0.6) is 11.6 Å². The van der Waals surface area contributed by atoms with Crippen molar-refractivity contribution in [3.05, 3.63) is 53.2 Å². The van der Waals surface area contributed by atoms with Crippen LogP contribution < -0.4 is 4.74 Å². The van der Waals surface area contributed by atoms with Crippen LogP contribution in [0.25, 0.3) is 0 Å². The van der Waals surface area contributed by atoms with E-state index in [-0.39, 0.29) is 6.61 Å². The molecule has 2 aromatic rings. The fourth-order valence-electron chi connectivity index (χ4n) is 1.80. The van der Waals surface area contributed by atoms with Crippen molar-refractivity contribution in [2.45, 2.75) is 33.3 Å². The van der Waals surface area contributed by atoms with Gasteiger partial charge in [0.1, 0.15) is 5.75 Å². The minimum atomic E-state index is -0.0100. The maximum absolute atomic E-state index is 9.12. The second-order valence-corrected chi connectivity index (χ2v) is 4.94. The van der Waals surface area contributed by atoms with Crippen LogP contribution in [0.15, 0.2) is 36.5 Å². The highest BCUT2D eigenvalue weighted by molar-refractivity contribution is 5.40. The summed E-state index contributed by atoms with van der Waals surface area (Å²) < 4.78 is 5.82. The van der Waals surface area contributed by atoms with Gasteiger partial charge in [-0.1, -0.05) is 26.0 Å². The molecular formula is C16H19NO2. The molecular weight excluding hydrogens is 238 g/mol. The van der Waals surface area contributed by atoms with Gasteiger partial charge in [-0.2, -0.15) is 0 Å². The minimum absolute atomic E-state index is 0.0100. The summed E-state index contributed by atoms with van der Waals surface area (Å²) >= 11 is 0. The number of aliphatic hydroxyl groups is 1. The highest BCUT2D eigenvalue weighted by atomic mass is 16.5. The Morgan fingerprint density at radius 3 is 2.68 bits per heavy atom. The summed E-state index contributed by atoms with van der Waals surface area (Å²) in [6.07, 6.45) is 1.64. The minimum Gasteiger partial charge on any atom is -0.439 e. The van der Waals surface area contributed by atoms with Gasteiger partial charge in [-0.3, -0.25) is 0 Å². The standard InChI is InChI=1S/C16H19NO2/c1-11(2)14-5-4-12(3)15(9-14)19-16-8-13(10-18)6-7-17-16/h4-9,11,18H,10H2,1-3H3. The molecule has 0 bridgehead atoms. The van der Waals surface area contributed by atoms with E-state index in [2.05, 4.69) is 31.0 Å². The highest BCUT2D eigenvalue weighted by Crippen LogP contribution is 2.28. The normalized spacial score (nSPS) is 10.8. The molecule has 0 atom stereocenters. The van der Waals surface area contributed by atoms with E-state index in [9.17, 15) is 0 Å². The van der Waals surface area contributed by atoms with Crippen LogP contribution in [0, 0.1) is 6.92 Å². The number of rotatable bonds is 4. The van der Waals surface area contributed by atoms with Crippen molar-refractivity contribution < 1.29 is 9.84 Å². The van der Waals surface area contributed by atoms with Crippen molar-refractivity contribution in [3.8, 4) is 11.6 Å². The van der Waals surface area contributed by atoms with Gasteiger partial charge in [-0.05, 0) is 41.7 Å². The zero-order valence-electron chi connectivity index (χ0n) is 11.6. The van der Waals surface area contributed by atoms with Crippen molar-refractivity contribution in [1.82, 2.24) is 4.98 Å². The third kappa shape index (κ3) is 3.32. The van der Waals surface area contributed by atoms with E-state index in [4.69, 9.17) is 9.84 Å². The molecule has 19 heavy (non-hydrogen) atoms. The second kappa shape index (κ2) is 5.85. The molecule has 3 nitrogen and oxygen atoms in total. The molecule has 0 aliphatic rings. The average Bonchev–Trinajstić information content (AvgIpc) is 2.41. The second-order valence-electron chi connectivity index (χ2n) is 4.94. The van der Waals surface area contributed by atoms with Crippen LogP contribution in [0.2, 0.25) is 0 Å². The van der Waals surface area contributed by atoms with Crippen LogP contribution in [0.4, 0.5) is 0 Å².